The highest BCUT2D eigenvalue weighted by Gasteiger charge is 2.24. The fourth-order valence-corrected chi connectivity index (χ4v) is 2.33. The van der Waals surface area contributed by atoms with Gasteiger partial charge < -0.3 is 5.32 Å². The molecule has 0 spiro atoms. The summed E-state index contributed by atoms with van der Waals surface area (Å²) in [6.07, 6.45) is 1.06. The van der Waals surface area contributed by atoms with E-state index < -0.39 is 21.0 Å². The minimum atomic E-state index is -3.33. The maximum atomic E-state index is 11.6. The van der Waals surface area contributed by atoms with Crippen molar-refractivity contribution in [2.24, 2.45) is 0 Å². The Kier molecular flexibility index (Phi) is 4.09. The zero-order valence-electron chi connectivity index (χ0n) is 9.43. The van der Waals surface area contributed by atoms with Crippen molar-refractivity contribution in [1.82, 2.24) is 5.32 Å². The maximum Gasteiger partial charge on any atom is 0.238 e. The zero-order chi connectivity index (χ0) is 12.3. The number of thiophene rings is 1. The summed E-state index contributed by atoms with van der Waals surface area (Å²) in [4.78, 5) is 12.6. The second kappa shape index (κ2) is 4.97. The van der Waals surface area contributed by atoms with Crippen molar-refractivity contribution < 1.29 is 13.2 Å². The van der Waals surface area contributed by atoms with Crippen LogP contribution in [0.3, 0.4) is 0 Å². The molecule has 4 nitrogen and oxygen atoms in total. The van der Waals surface area contributed by atoms with Crippen LogP contribution in [0.1, 0.15) is 24.8 Å². The Morgan fingerprint density at radius 1 is 1.44 bits per heavy atom. The van der Waals surface area contributed by atoms with Crippen LogP contribution >= 0.6 is 11.3 Å². The highest BCUT2D eigenvalue weighted by Crippen LogP contribution is 2.18. The van der Waals surface area contributed by atoms with E-state index in [1.165, 1.54) is 18.3 Å². The summed E-state index contributed by atoms with van der Waals surface area (Å²) in [5.41, 5.74) is 0. The van der Waals surface area contributed by atoms with Crippen LogP contribution in [0.15, 0.2) is 17.5 Å². The monoisotopic (exact) mass is 261 g/mol. The summed E-state index contributed by atoms with van der Waals surface area (Å²) in [6.45, 7) is 3.23. The van der Waals surface area contributed by atoms with Gasteiger partial charge in [-0.3, -0.25) is 4.79 Å². The number of rotatable bonds is 4. The summed E-state index contributed by atoms with van der Waals surface area (Å²) in [6, 6.07) is 3.64. The fourth-order valence-electron chi connectivity index (χ4n) is 1.13. The third-order valence-corrected chi connectivity index (χ3v) is 4.89. The van der Waals surface area contributed by atoms with Crippen molar-refractivity contribution in [1.29, 1.82) is 0 Å². The number of sulfone groups is 1. The highest BCUT2D eigenvalue weighted by atomic mass is 32.2. The van der Waals surface area contributed by atoms with E-state index in [2.05, 4.69) is 5.32 Å². The van der Waals surface area contributed by atoms with E-state index in [-0.39, 0.29) is 6.04 Å². The average Bonchev–Trinajstić information content (AvgIpc) is 2.67. The van der Waals surface area contributed by atoms with Gasteiger partial charge in [0.1, 0.15) is 5.25 Å². The molecule has 90 valence electrons. The lowest BCUT2D eigenvalue weighted by molar-refractivity contribution is -0.121. The Morgan fingerprint density at radius 2 is 2.06 bits per heavy atom. The van der Waals surface area contributed by atoms with E-state index in [1.807, 2.05) is 24.4 Å². The molecule has 0 bridgehead atoms. The summed E-state index contributed by atoms with van der Waals surface area (Å²) in [5, 5.41) is 3.59. The molecule has 0 aliphatic rings. The Labute approximate surface area is 99.6 Å². The third-order valence-electron chi connectivity index (χ3n) is 2.34. The molecular weight excluding hydrogens is 246 g/mol. The quantitative estimate of drug-likeness (QED) is 0.890. The predicted octanol–water partition coefficient (Wildman–Crippen LogP) is 1.36. The van der Waals surface area contributed by atoms with Crippen molar-refractivity contribution in [2.45, 2.75) is 25.1 Å². The Balaban J connectivity index is 2.66. The van der Waals surface area contributed by atoms with Crippen molar-refractivity contribution >= 4 is 27.1 Å². The molecule has 1 aromatic rings. The maximum absolute atomic E-state index is 11.6. The molecule has 6 heteroatoms. The van der Waals surface area contributed by atoms with E-state index in [0.29, 0.717) is 0 Å². The number of amides is 1. The Hall–Kier alpha value is -0.880. The summed E-state index contributed by atoms with van der Waals surface area (Å²) >= 11 is 1.53. The first-order valence-corrected chi connectivity index (χ1v) is 7.68. The van der Waals surface area contributed by atoms with E-state index in [4.69, 9.17) is 0 Å². The first kappa shape index (κ1) is 13.2. The van der Waals surface area contributed by atoms with E-state index in [0.717, 1.165) is 11.1 Å². The number of nitrogens with one attached hydrogen (secondary N) is 1. The number of hydrogen-bond acceptors (Lipinski definition) is 4. The van der Waals surface area contributed by atoms with Gasteiger partial charge in [-0.25, -0.2) is 8.42 Å². The van der Waals surface area contributed by atoms with Gasteiger partial charge in [0, 0.05) is 11.1 Å². The van der Waals surface area contributed by atoms with E-state index >= 15 is 0 Å². The molecule has 0 saturated carbocycles. The fraction of sp³-hybridized carbons (Fsp3) is 0.500. The van der Waals surface area contributed by atoms with Crippen molar-refractivity contribution in [3.05, 3.63) is 22.4 Å². The number of hydrogen-bond donors (Lipinski definition) is 1. The van der Waals surface area contributed by atoms with Gasteiger partial charge in [0.05, 0.1) is 6.04 Å². The normalized spacial score (nSPS) is 15.4. The van der Waals surface area contributed by atoms with Gasteiger partial charge in [-0.05, 0) is 25.3 Å². The summed E-state index contributed by atoms with van der Waals surface area (Å²) in [7, 11) is -3.33. The molecule has 0 aromatic carbocycles. The first-order chi connectivity index (χ1) is 7.32. The second-order valence-electron chi connectivity index (χ2n) is 3.72. The highest BCUT2D eigenvalue weighted by molar-refractivity contribution is 7.92. The van der Waals surface area contributed by atoms with E-state index in [1.54, 1.807) is 0 Å². The molecule has 1 N–H and O–H groups in total. The van der Waals surface area contributed by atoms with Gasteiger partial charge in [0.25, 0.3) is 0 Å². The third kappa shape index (κ3) is 3.31. The van der Waals surface area contributed by atoms with Crippen LogP contribution in [-0.4, -0.2) is 25.8 Å². The van der Waals surface area contributed by atoms with Crippen molar-refractivity contribution in [3.63, 3.8) is 0 Å². The van der Waals surface area contributed by atoms with Gasteiger partial charge >= 0.3 is 0 Å². The zero-order valence-corrected chi connectivity index (χ0v) is 11.1. The lowest BCUT2D eigenvalue weighted by Crippen LogP contribution is -2.38. The predicted molar refractivity (Wildman–Crippen MR) is 65.2 cm³/mol. The van der Waals surface area contributed by atoms with Gasteiger partial charge in [0.15, 0.2) is 9.84 Å². The largest absolute Gasteiger partial charge is 0.348 e. The molecule has 0 aliphatic carbocycles. The van der Waals surface area contributed by atoms with Gasteiger partial charge in [-0.1, -0.05) is 6.07 Å². The van der Waals surface area contributed by atoms with Crippen LogP contribution in [0.4, 0.5) is 0 Å². The molecule has 0 saturated heterocycles. The standard InChI is InChI=1S/C10H15NO3S2/c1-7(9-5-4-6-15-9)11-10(12)8(2)16(3,13)14/h4-8H,1-3H3,(H,11,12)/t7-,8+/m0/s1. The molecule has 16 heavy (non-hydrogen) atoms. The molecule has 1 heterocycles. The van der Waals surface area contributed by atoms with Crippen LogP contribution in [-0.2, 0) is 14.6 Å². The Morgan fingerprint density at radius 3 is 2.50 bits per heavy atom. The average molecular weight is 261 g/mol. The molecule has 1 aromatic heterocycles. The Bertz CT molecular complexity index is 450. The van der Waals surface area contributed by atoms with Crippen LogP contribution in [0.5, 0.6) is 0 Å². The molecule has 1 amide bonds. The number of carbonyl (C=O) groups is 1. The molecule has 0 unspecified atom stereocenters. The van der Waals surface area contributed by atoms with Gasteiger partial charge in [-0.2, -0.15) is 0 Å². The first-order valence-electron chi connectivity index (χ1n) is 4.85. The van der Waals surface area contributed by atoms with Gasteiger partial charge in [-0.15, -0.1) is 11.3 Å². The van der Waals surface area contributed by atoms with Gasteiger partial charge in [0.2, 0.25) is 5.91 Å². The summed E-state index contributed by atoms with van der Waals surface area (Å²) < 4.78 is 22.4. The minimum Gasteiger partial charge on any atom is -0.348 e. The van der Waals surface area contributed by atoms with Crippen LogP contribution < -0.4 is 5.32 Å². The molecular formula is C10H15NO3S2. The van der Waals surface area contributed by atoms with Crippen LogP contribution in [0.2, 0.25) is 0 Å². The lowest BCUT2D eigenvalue weighted by atomic mass is 10.2. The van der Waals surface area contributed by atoms with Crippen molar-refractivity contribution in [3.8, 4) is 0 Å². The van der Waals surface area contributed by atoms with E-state index in [9.17, 15) is 13.2 Å². The second-order valence-corrected chi connectivity index (χ2v) is 7.06. The minimum absolute atomic E-state index is 0.156. The smallest absolute Gasteiger partial charge is 0.238 e. The molecule has 0 fully saturated rings. The molecule has 2 atom stereocenters. The molecule has 1 rings (SSSR count). The SMILES string of the molecule is C[C@H](NC(=O)[C@@H](C)S(C)(=O)=O)c1cccs1. The van der Waals surface area contributed by atoms with Crippen LogP contribution in [0, 0.1) is 0 Å². The lowest BCUT2D eigenvalue weighted by Gasteiger charge is -2.15. The topological polar surface area (TPSA) is 63.2 Å². The summed E-state index contributed by atoms with van der Waals surface area (Å²) in [5.74, 6) is -0.455. The molecule has 0 radical (unpaired) electrons. The van der Waals surface area contributed by atoms with Crippen molar-refractivity contribution in [2.75, 3.05) is 6.26 Å². The van der Waals surface area contributed by atoms with Crippen LogP contribution in [0.25, 0.3) is 0 Å². The molecule has 0 aliphatic heterocycles. The number of carbonyl (C=O) groups excluding carboxylic acids is 1.